The summed E-state index contributed by atoms with van der Waals surface area (Å²) in [6, 6.07) is 5.30. The maximum Gasteiger partial charge on any atom is 0.261 e. The third-order valence-corrected chi connectivity index (χ3v) is 3.32. The smallest absolute Gasteiger partial charge is 0.261 e. The van der Waals surface area contributed by atoms with Gasteiger partial charge in [-0.05, 0) is 35.0 Å². The number of anilines is 2. The number of methoxy groups -OCH3 is 1. The first-order valence-corrected chi connectivity index (χ1v) is 6.27. The van der Waals surface area contributed by atoms with Crippen molar-refractivity contribution < 1.29 is 9.53 Å². The van der Waals surface area contributed by atoms with Crippen LogP contribution in [0.25, 0.3) is 0 Å². The quantitative estimate of drug-likeness (QED) is 0.807. The highest BCUT2D eigenvalue weighted by Crippen LogP contribution is 2.28. The van der Waals surface area contributed by atoms with Crippen molar-refractivity contribution in [3.8, 4) is 5.75 Å². The van der Waals surface area contributed by atoms with E-state index in [1.807, 2.05) is 0 Å². The summed E-state index contributed by atoms with van der Waals surface area (Å²) in [5.74, 6) is 0.502. The maximum absolute atomic E-state index is 12.2. The third-order valence-electron chi connectivity index (χ3n) is 2.62. The minimum Gasteiger partial charge on any atom is -0.497 e. The average molecular weight is 325 g/mol. The first-order chi connectivity index (χ1) is 9.02. The van der Waals surface area contributed by atoms with Crippen LogP contribution < -0.4 is 15.8 Å². The number of rotatable bonds is 3. The molecule has 0 spiro atoms. The van der Waals surface area contributed by atoms with E-state index in [-0.39, 0.29) is 11.7 Å². The van der Waals surface area contributed by atoms with Crippen LogP contribution in [0.2, 0.25) is 0 Å². The Labute approximate surface area is 118 Å². The van der Waals surface area contributed by atoms with Gasteiger partial charge < -0.3 is 15.8 Å². The summed E-state index contributed by atoms with van der Waals surface area (Å²) in [6.07, 6.45) is 0. The lowest BCUT2D eigenvalue weighted by Crippen LogP contribution is -2.14. The summed E-state index contributed by atoms with van der Waals surface area (Å²) in [7, 11) is 1.56. The van der Waals surface area contributed by atoms with Gasteiger partial charge in [-0.3, -0.25) is 9.89 Å². The lowest BCUT2D eigenvalue weighted by Gasteiger charge is -2.09. The molecule has 6 nitrogen and oxygen atoms in total. The van der Waals surface area contributed by atoms with Crippen molar-refractivity contribution in [2.45, 2.75) is 6.92 Å². The third kappa shape index (κ3) is 2.70. The zero-order chi connectivity index (χ0) is 14.0. The second kappa shape index (κ2) is 5.31. The van der Waals surface area contributed by atoms with Gasteiger partial charge in [0.25, 0.3) is 5.91 Å². The Balaban J connectivity index is 2.29. The Bertz CT molecular complexity index is 605. The average Bonchev–Trinajstić information content (AvgIpc) is 2.71. The molecule has 2 rings (SSSR count). The van der Waals surface area contributed by atoms with Crippen LogP contribution in [-0.2, 0) is 0 Å². The van der Waals surface area contributed by atoms with Crippen molar-refractivity contribution in [1.82, 2.24) is 10.2 Å². The summed E-state index contributed by atoms with van der Waals surface area (Å²) < 4.78 is 5.87. The maximum atomic E-state index is 12.2. The van der Waals surface area contributed by atoms with E-state index in [9.17, 15) is 4.79 Å². The van der Waals surface area contributed by atoms with Crippen molar-refractivity contribution in [2.24, 2.45) is 0 Å². The number of H-pyrrole nitrogens is 1. The van der Waals surface area contributed by atoms with Gasteiger partial charge in [-0.25, -0.2) is 0 Å². The van der Waals surface area contributed by atoms with Gasteiger partial charge in [0.05, 0.1) is 12.8 Å². The number of nitrogens with zero attached hydrogens (tertiary/aromatic N) is 1. The lowest BCUT2D eigenvalue weighted by molar-refractivity contribution is 0.102. The number of nitrogens with one attached hydrogen (secondary N) is 2. The van der Waals surface area contributed by atoms with Crippen molar-refractivity contribution in [1.29, 1.82) is 0 Å². The summed E-state index contributed by atoms with van der Waals surface area (Å²) in [6.45, 7) is 1.74. The molecule has 0 fully saturated rings. The number of carbonyl (C=O) groups excluding carboxylic acids is 1. The first kappa shape index (κ1) is 13.4. The largest absolute Gasteiger partial charge is 0.497 e. The molecule has 0 aliphatic carbocycles. The van der Waals surface area contributed by atoms with Crippen molar-refractivity contribution in [3.05, 3.63) is 33.9 Å². The van der Waals surface area contributed by atoms with Crippen molar-refractivity contribution >= 4 is 33.3 Å². The number of amides is 1. The van der Waals surface area contributed by atoms with E-state index in [0.29, 0.717) is 22.7 Å². The fourth-order valence-corrected chi connectivity index (χ4v) is 1.99. The lowest BCUT2D eigenvalue weighted by atomic mass is 10.2. The minimum atomic E-state index is -0.322. The monoisotopic (exact) mass is 324 g/mol. The molecule has 0 saturated heterocycles. The number of halogens is 1. The van der Waals surface area contributed by atoms with Crippen LogP contribution in [0, 0.1) is 6.92 Å². The van der Waals surface area contributed by atoms with Crippen LogP contribution in [0.4, 0.5) is 11.5 Å². The molecule has 0 unspecified atom stereocenters. The molecule has 0 saturated carbocycles. The molecule has 19 heavy (non-hydrogen) atoms. The Kier molecular flexibility index (Phi) is 3.75. The number of carbonyl (C=O) groups is 1. The van der Waals surface area contributed by atoms with Crippen LogP contribution in [-0.4, -0.2) is 23.2 Å². The predicted octanol–water partition coefficient (Wildman–Crippen LogP) is 2.32. The topological polar surface area (TPSA) is 93.0 Å². The molecule has 100 valence electrons. The second-order valence-corrected chi connectivity index (χ2v) is 4.76. The minimum absolute atomic E-state index is 0.175. The predicted molar refractivity (Wildman–Crippen MR) is 76.4 cm³/mol. The number of nitrogen functional groups attached to an aromatic ring is 1. The molecule has 1 aromatic heterocycles. The van der Waals surface area contributed by atoms with Crippen LogP contribution in [0.1, 0.15) is 16.1 Å². The Morgan fingerprint density at radius 3 is 2.84 bits per heavy atom. The highest BCUT2D eigenvalue weighted by atomic mass is 79.9. The van der Waals surface area contributed by atoms with Crippen LogP contribution in [0.15, 0.2) is 22.7 Å². The molecule has 1 aromatic carbocycles. The van der Waals surface area contributed by atoms with Gasteiger partial charge in [0, 0.05) is 16.2 Å². The molecule has 1 amide bonds. The van der Waals surface area contributed by atoms with Crippen LogP contribution >= 0.6 is 15.9 Å². The van der Waals surface area contributed by atoms with E-state index in [4.69, 9.17) is 10.5 Å². The van der Waals surface area contributed by atoms with Crippen LogP contribution in [0.5, 0.6) is 5.75 Å². The number of hydrogen-bond donors (Lipinski definition) is 3. The van der Waals surface area contributed by atoms with Crippen LogP contribution in [0.3, 0.4) is 0 Å². The number of benzene rings is 1. The zero-order valence-corrected chi connectivity index (χ0v) is 12.0. The molecule has 0 aliphatic heterocycles. The fourth-order valence-electron chi connectivity index (χ4n) is 1.65. The van der Waals surface area contributed by atoms with E-state index in [2.05, 4.69) is 31.4 Å². The molecule has 4 N–H and O–H groups in total. The van der Waals surface area contributed by atoms with E-state index in [1.54, 1.807) is 32.2 Å². The van der Waals surface area contributed by atoms with Gasteiger partial charge in [0.15, 0.2) is 5.82 Å². The van der Waals surface area contributed by atoms with E-state index in [1.165, 1.54) is 0 Å². The number of aryl methyl sites for hydroxylation is 1. The number of hydrogen-bond acceptors (Lipinski definition) is 4. The molecule has 0 aliphatic rings. The Morgan fingerprint density at radius 1 is 1.53 bits per heavy atom. The highest BCUT2D eigenvalue weighted by molar-refractivity contribution is 9.10. The van der Waals surface area contributed by atoms with Crippen molar-refractivity contribution in [2.75, 3.05) is 18.2 Å². The van der Waals surface area contributed by atoms with E-state index >= 15 is 0 Å². The number of aromatic amines is 1. The first-order valence-electron chi connectivity index (χ1n) is 5.48. The molecule has 0 bridgehead atoms. The number of aromatic nitrogens is 2. The molecule has 7 heteroatoms. The summed E-state index contributed by atoms with van der Waals surface area (Å²) in [4.78, 5) is 12.2. The summed E-state index contributed by atoms with van der Waals surface area (Å²) in [5.41, 5.74) is 7.21. The van der Waals surface area contributed by atoms with Gasteiger partial charge in [0.1, 0.15) is 11.3 Å². The standard InChI is InChI=1S/C12H13BrN4O2/c1-6-10(11(14)17-16-6)12(18)15-9-5-7(19-2)3-4-8(9)13/h3-5H,1-2H3,(H,15,18)(H3,14,16,17). The summed E-state index contributed by atoms with van der Waals surface area (Å²) in [5, 5.41) is 9.22. The SMILES string of the molecule is COc1ccc(Br)c(NC(=O)c2c(N)n[nH]c2C)c1. The number of ether oxygens (including phenoxy) is 1. The molecular weight excluding hydrogens is 312 g/mol. The van der Waals surface area contributed by atoms with Gasteiger partial charge in [0.2, 0.25) is 0 Å². The highest BCUT2D eigenvalue weighted by Gasteiger charge is 2.17. The zero-order valence-electron chi connectivity index (χ0n) is 10.5. The van der Waals surface area contributed by atoms with Gasteiger partial charge in [-0.15, -0.1) is 0 Å². The molecular formula is C12H13BrN4O2. The molecule has 0 atom stereocenters. The van der Waals surface area contributed by atoms with Gasteiger partial charge in [-0.2, -0.15) is 5.10 Å². The Morgan fingerprint density at radius 2 is 2.26 bits per heavy atom. The number of nitrogens with two attached hydrogens (primary N) is 1. The molecule has 2 aromatic rings. The molecule has 0 radical (unpaired) electrons. The normalized spacial score (nSPS) is 10.3. The Hall–Kier alpha value is -2.02. The van der Waals surface area contributed by atoms with E-state index < -0.39 is 0 Å². The van der Waals surface area contributed by atoms with Gasteiger partial charge >= 0.3 is 0 Å². The van der Waals surface area contributed by atoms with Gasteiger partial charge in [-0.1, -0.05) is 0 Å². The van der Waals surface area contributed by atoms with E-state index in [0.717, 1.165) is 4.47 Å². The molecule has 1 heterocycles. The fraction of sp³-hybridized carbons (Fsp3) is 0.167. The summed E-state index contributed by atoms with van der Waals surface area (Å²) >= 11 is 3.36. The second-order valence-electron chi connectivity index (χ2n) is 3.91. The van der Waals surface area contributed by atoms with Crippen molar-refractivity contribution in [3.63, 3.8) is 0 Å².